The molecule has 0 bridgehead atoms. The molecule has 2 aromatic rings. The molecule has 0 aromatic heterocycles. The van der Waals surface area contributed by atoms with Gasteiger partial charge in [-0.15, -0.1) is 0 Å². The highest BCUT2D eigenvalue weighted by molar-refractivity contribution is 5.89. The average Bonchev–Trinajstić information content (AvgIpc) is 2.70. The lowest BCUT2D eigenvalue weighted by Crippen LogP contribution is -2.04. The van der Waals surface area contributed by atoms with Crippen LogP contribution >= 0.6 is 0 Å². The summed E-state index contributed by atoms with van der Waals surface area (Å²) in [7, 11) is 0. The Morgan fingerprint density at radius 2 is 1.41 bits per heavy atom. The van der Waals surface area contributed by atoms with E-state index in [0.29, 0.717) is 18.8 Å². The first-order valence-corrected chi connectivity index (χ1v) is 9.84. The molecule has 0 N–H and O–H groups in total. The highest BCUT2D eigenvalue weighted by Gasteiger charge is 2.06. The summed E-state index contributed by atoms with van der Waals surface area (Å²) in [6.07, 6.45) is 6.19. The van der Waals surface area contributed by atoms with Crippen molar-refractivity contribution < 1.29 is 19.0 Å². The highest BCUT2D eigenvalue weighted by atomic mass is 16.5. The maximum atomic E-state index is 11.6. The second-order valence-corrected chi connectivity index (χ2v) is 6.44. The summed E-state index contributed by atoms with van der Waals surface area (Å²) in [6.45, 7) is 5.62. The number of benzene rings is 2. The molecule has 0 aliphatic heterocycles. The van der Waals surface area contributed by atoms with Crippen molar-refractivity contribution in [3.63, 3.8) is 0 Å². The molecule has 0 unspecified atom stereocenters. The van der Waals surface area contributed by atoms with Crippen LogP contribution in [0.2, 0.25) is 0 Å². The van der Waals surface area contributed by atoms with Gasteiger partial charge in [-0.3, -0.25) is 0 Å². The van der Waals surface area contributed by atoms with Gasteiger partial charge >= 0.3 is 5.97 Å². The van der Waals surface area contributed by atoms with E-state index in [0.717, 1.165) is 30.1 Å². The molecule has 0 saturated heterocycles. The Bertz CT molecular complexity index is 662. The molecule has 4 nitrogen and oxygen atoms in total. The fourth-order valence-corrected chi connectivity index (χ4v) is 2.65. The number of hydrogen-bond donors (Lipinski definition) is 0. The van der Waals surface area contributed by atoms with Crippen LogP contribution < -0.4 is 9.47 Å². The Morgan fingerprint density at radius 1 is 0.778 bits per heavy atom. The minimum atomic E-state index is -0.315. The molecule has 0 heterocycles. The van der Waals surface area contributed by atoms with Crippen LogP contribution in [0.5, 0.6) is 11.5 Å². The third-order valence-electron chi connectivity index (χ3n) is 4.21. The Morgan fingerprint density at radius 3 is 2.07 bits per heavy atom. The summed E-state index contributed by atoms with van der Waals surface area (Å²) in [5.74, 6) is 1.30. The van der Waals surface area contributed by atoms with Crippen molar-refractivity contribution in [2.24, 2.45) is 0 Å². The fourth-order valence-electron chi connectivity index (χ4n) is 2.65. The maximum Gasteiger partial charge on any atom is 0.338 e. The van der Waals surface area contributed by atoms with Gasteiger partial charge in [0.2, 0.25) is 0 Å². The number of hydrogen-bond acceptors (Lipinski definition) is 4. The second kappa shape index (κ2) is 12.0. The zero-order chi connectivity index (χ0) is 19.3. The first-order valence-electron chi connectivity index (χ1n) is 9.84. The lowest BCUT2D eigenvalue weighted by Gasteiger charge is -2.09. The summed E-state index contributed by atoms with van der Waals surface area (Å²) < 4.78 is 16.5. The largest absolute Gasteiger partial charge is 0.494 e. The van der Waals surface area contributed by atoms with Crippen molar-refractivity contribution in [2.75, 3.05) is 13.2 Å². The van der Waals surface area contributed by atoms with Crippen LogP contribution in [0, 0.1) is 0 Å². The van der Waals surface area contributed by atoms with Crippen LogP contribution in [0.25, 0.3) is 0 Å². The standard InChI is InChI=1S/C23H30O4/c1-3-5-6-7-8-17-26-21-13-9-19(10-14-21)18-27-22-15-11-20(12-16-22)23(24)25-4-2/h9-16H,3-8,17-18H2,1-2H3. The third kappa shape index (κ3) is 7.73. The maximum absolute atomic E-state index is 11.6. The molecule has 27 heavy (non-hydrogen) atoms. The van der Waals surface area contributed by atoms with E-state index >= 15 is 0 Å². The summed E-state index contributed by atoms with van der Waals surface area (Å²) >= 11 is 0. The number of esters is 1. The summed E-state index contributed by atoms with van der Waals surface area (Å²) in [5.41, 5.74) is 1.60. The fraction of sp³-hybridized carbons (Fsp3) is 0.435. The number of carbonyl (C=O) groups is 1. The predicted molar refractivity (Wildman–Crippen MR) is 107 cm³/mol. The quantitative estimate of drug-likeness (QED) is 0.350. The Labute approximate surface area is 162 Å². The van der Waals surface area contributed by atoms with Gasteiger partial charge in [0.15, 0.2) is 0 Å². The zero-order valence-electron chi connectivity index (χ0n) is 16.4. The van der Waals surface area contributed by atoms with Gasteiger partial charge in [0.05, 0.1) is 18.8 Å². The van der Waals surface area contributed by atoms with Gasteiger partial charge in [0.25, 0.3) is 0 Å². The predicted octanol–water partition coefficient (Wildman–Crippen LogP) is 5.79. The Balaban J connectivity index is 1.72. The number of carbonyl (C=O) groups excluding carboxylic acids is 1. The van der Waals surface area contributed by atoms with E-state index in [4.69, 9.17) is 14.2 Å². The molecule has 146 valence electrons. The number of unbranched alkanes of at least 4 members (excludes halogenated alkanes) is 4. The van der Waals surface area contributed by atoms with Gasteiger partial charge in [-0.05, 0) is 55.3 Å². The van der Waals surface area contributed by atoms with Crippen LogP contribution in [0.1, 0.15) is 61.9 Å². The van der Waals surface area contributed by atoms with Crippen molar-refractivity contribution in [3.05, 3.63) is 59.7 Å². The normalized spacial score (nSPS) is 10.4. The van der Waals surface area contributed by atoms with Gasteiger partial charge in [-0.1, -0.05) is 44.7 Å². The molecule has 0 aliphatic rings. The van der Waals surface area contributed by atoms with Crippen LogP contribution in [0.15, 0.2) is 48.5 Å². The molecular weight excluding hydrogens is 340 g/mol. The smallest absolute Gasteiger partial charge is 0.338 e. The average molecular weight is 370 g/mol. The van der Waals surface area contributed by atoms with Gasteiger partial charge in [-0.25, -0.2) is 4.79 Å². The lowest BCUT2D eigenvalue weighted by atomic mass is 10.2. The lowest BCUT2D eigenvalue weighted by molar-refractivity contribution is 0.0526. The molecule has 0 atom stereocenters. The van der Waals surface area contributed by atoms with Crippen molar-refractivity contribution in [1.29, 1.82) is 0 Å². The van der Waals surface area contributed by atoms with Gasteiger partial charge in [0.1, 0.15) is 18.1 Å². The van der Waals surface area contributed by atoms with Crippen LogP contribution in [0.4, 0.5) is 0 Å². The van der Waals surface area contributed by atoms with Gasteiger partial charge in [0, 0.05) is 0 Å². The van der Waals surface area contributed by atoms with Crippen LogP contribution in [0.3, 0.4) is 0 Å². The summed E-state index contributed by atoms with van der Waals surface area (Å²) in [5, 5.41) is 0. The van der Waals surface area contributed by atoms with Crippen molar-refractivity contribution in [2.45, 2.75) is 52.6 Å². The molecule has 0 spiro atoms. The van der Waals surface area contributed by atoms with Gasteiger partial charge in [-0.2, -0.15) is 0 Å². The second-order valence-electron chi connectivity index (χ2n) is 6.44. The first kappa shape index (κ1) is 20.8. The third-order valence-corrected chi connectivity index (χ3v) is 4.21. The van der Waals surface area contributed by atoms with Crippen molar-refractivity contribution in [1.82, 2.24) is 0 Å². The minimum absolute atomic E-state index is 0.315. The van der Waals surface area contributed by atoms with E-state index in [2.05, 4.69) is 6.92 Å². The molecule has 0 fully saturated rings. The zero-order valence-corrected chi connectivity index (χ0v) is 16.4. The van der Waals surface area contributed by atoms with E-state index in [-0.39, 0.29) is 5.97 Å². The topological polar surface area (TPSA) is 44.8 Å². The minimum Gasteiger partial charge on any atom is -0.494 e. The number of ether oxygens (including phenoxy) is 3. The molecular formula is C23H30O4. The Kier molecular flexibility index (Phi) is 9.25. The van der Waals surface area contributed by atoms with Crippen molar-refractivity contribution >= 4 is 5.97 Å². The summed E-state index contributed by atoms with van der Waals surface area (Å²) in [6, 6.07) is 15.0. The van der Waals surface area contributed by atoms with E-state index in [1.807, 2.05) is 24.3 Å². The van der Waals surface area contributed by atoms with E-state index < -0.39 is 0 Å². The van der Waals surface area contributed by atoms with Crippen LogP contribution in [-0.4, -0.2) is 19.2 Å². The molecule has 0 aliphatic carbocycles. The molecule has 0 radical (unpaired) electrons. The monoisotopic (exact) mass is 370 g/mol. The van der Waals surface area contributed by atoms with E-state index in [9.17, 15) is 4.79 Å². The summed E-state index contributed by atoms with van der Waals surface area (Å²) in [4.78, 5) is 11.6. The first-order chi connectivity index (χ1) is 13.2. The van der Waals surface area contributed by atoms with Crippen LogP contribution in [-0.2, 0) is 11.3 Å². The Hall–Kier alpha value is -2.49. The van der Waals surface area contributed by atoms with E-state index in [1.165, 1.54) is 25.7 Å². The SMILES string of the molecule is CCCCCCCOc1ccc(COc2ccc(C(=O)OCC)cc2)cc1. The molecule has 2 aromatic carbocycles. The van der Waals surface area contributed by atoms with Crippen molar-refractivity contribution in [3.8, 4) is 11.5 Å². The molecule has 2 rings (SSSR count). The highest BCUT2D eigenvalue weighted by Crippen LogP contribution is 2.17. The molecule has 4 heteroatoms. The van der Waals surface area contributed by atoms with E-state index in [1.54, 1.807) is 31.2 Å². The van der Waals surface area contributed by atoms with Gasteiger partial charge < -0.3 is 14.2 Å². The molecule has 0 amide bonds. The number of rotatable bonds is 12. The molecule has 0 saturated carbocycles.